The molecule has 1 fully saturated rings. The van der Waals surface area contributed by atoms with Crippen LogP contribution in [0.5, 0.6) is 0 Å². The Morgan fingerprint density at radius 3 is 2.90 bits per heavy atom. The van der Waals surface area contributed by atoms with E-state index in [0.29, 0.717) is 0 Å². The van der Waals surface area contributed by atoms with Gasteiger partial charge in [0.1, 0.15) is 11.5 Å². The standard InChI is InChI=1S/C17H24N2OS/c1-3-18-10-16-9-14(13(2)20-16)11-19(15-6-7-15)12-17-5-4-8-21-17/h4-5,8-9,15,18H,3,6-7,10-12H2,1-2H3. The molecular formula is C17H24N2OS. The molecule has 1 N–H and O–H groups in total. The van der Waals surface area contributed by atoms with Crippen molar-refractivity contribution < 1.29 is 4.42 Å². The molecule has 4 heteroatoms. The lowest BCUT2D eigenvalue weighted by Gasteiger charge is -2.20. The molecule has 0 aromatic carbocycles. The highest BCUT2D eigenvalue weighted by molar-refractivity contribution is 7.09. The molecule has 114 valence electrons. The van der Waals surface area contributed by atoms with Crippen LogP contribution in [-0.2, 0) is 19.6 Å². The molecule has 21 heavy (non-hydrogen) atoms. The SMILES string of the molecule is CCNCc1cc(CN(Cc2cccs2)C2CC2)c(C)o1. The van der Waals surface area contributed by atoms with Crippen LogP contribution in [0.15, 0.2) is 28.0 Å². The van der Waals surface area contributed by atoms with E-state index < -0.39 is 0 Å². The molecule has 2 aromatic heterocycles. The summed E-state index contributed by atoms with van der Waals surface area (Å²) >= 11 is 1.85. The molecule has 0 spiro atoms. The van der Waals surface area contributed by atoms with Gasteiger partial charge in [0, 0.05) is 29.6 Å². The van der Waals surface area contributed by atoms with Crippen LogP contribution in [0.25, 0.3) is 0 Å². The molecule has 1 aliphatic carbocycles. The summed E-state index contributed by atoms with van der Waals surface area (Å²) in [5.74, 6) is 2.12. The highest BCUT2D eigenvalue weighted by atomic mass is 32.1. The zero-order chi connectivity index (χ0) is 14.7. The number of hydrogen-bond donors (Lipinski definition) is 1. The summed E-state index contributed by atoms with van der Waals surface area (Å²) in [7, 11) is 0. The molecule has 0 saturated heterocycles. The highest BCUT2D eigenvalue weighted by Crippen LogP contribution is 2.31. The monoisotopic (exact) mass is 304 g/mol. The molecule has 0 radical (unpaired) electrons. The Labute approximate surface area is 131 Å². The fourth-order valence-electron chi connectivity index (χ4n) is 2.66. The minimum atomic E-state index is 0.763. The summed E-state index contributed by atoms with van der Waals surface area (Å²) in [6.45, 7) is 8.07. The van der Waals surface area contributed by atoms with E-state index in [1.54, 1.807) is 0 Å². The van der Waals surface area contributed by atoms with Crippen LogP contribution in [0.1, 0.15) is 41.7 Å². The first-order chi connectivity index (χ1) is 10.3. The van der Waals surface area contributed by atoms with Gasteiger partial charge in [-0.15, -0.1) is 11.3 Å². The van der Waals surface area contributed by atoms with Gasteiger partial charge in [-0.25, -0.2) is 0 Å². The zero-order valence-corrected chi connectivity index (χ0v) is 13.7. The molecule has 2 heterocycles. The van der Waals surface area contributed by atoms with Crippen LogP contribution in [0.3, 0.4) is 0 Å². The Balaban J connectivity index is 1.66. The Morgan fingerprint density at radius 2 is 2.24 bits per heavy atom. The van der Waals surface area contributed by atoms with Gasteiger partial charge in [0.05, 0.1) is 6.54 Å². The largest absolute Gasteiger partial charge is 0.465 e. The van der Waals surface area contributed by atoms with E-state index in [1.165, 1.54) is 23.3 Å². The maximum Gasteiger partial charge on any atom is 0.118 e. The van der Waals surface area contributed by atoms with Crippen LogP contribution in [0, 0.1) is 6.92 Å². The van der Waals surface area contributed by atoms with Crippen LogP contribution in [0.4, 0.5) is 0 Å². The molecule has 2 aromatic rings. The van der Waals surface area contributed by atoms with Gasteiger partial charge in [-0.2, -0.15) is 0 Å². The average Bonchev–Trinajstić information content (AvgIpc) is 3.09. The van der Waals surface area contributed by atoms with Gasteiger partial charge in [0.25, 0.3) is 0 Å². The van der Waals surface area contributed by atoms with E-state index in [0.717, 1.165) is 43.7 Å². The summed E-state index contributed by atoms with van der Waals surface area (Å²) in [5.41, 5.74) is 1.34. The van der Waals surface area contributed by atoms with Crippen molar-refractivity contribution in [3.63, 3.8) is 0 Å². The second-order valence-electron chi connectivity index (χ2n) is 5.79. The van der Waals surface area contributed by atoms with Crippen molar-refractivity contribution in [2.24, 2.45) is 0 Å². The summed E-state index contributed by atoms with van der Waals surface area (Å²) in [6, 6.07) is 7.36. The smallest absolute Gasteiger partial charge is 0.118 e. The van der Waals surface area contributed by atoms with Gasteiger partial charge in [0.2, 0.25) is 0 Å². The second kappa shape index (κ2) is 6.77. The van der Waals surface area contributed by atoms with E-state index in [4.69, 9.17) is 4.42 Å². The van der Waals surface area contributed by atoms with E-state index >= 15 is 0 Å². The normalized spacial score (nSPS) is 15.0. The maximum atomic E-state index is 5.87. The van der Waals surface area contributed by atoms with Crippen molar-refractivity contribution in [3.05, 3.63) is 45.5 Å². The molecule has 1 saturated carbocycles. The molecule has 3 rings (SSSR count). The summed E-state index contributed by atoms with van der Waals surface area (Å²) in [6.07, 6.45) is 2.68. The zero-order valence-electron chi connectivity index (χ0n) is 12.9. The van der Waals surface area contributed by atoms with Crippen LogP contribution < -0.4 is 5.32 Å². The fraction of sp³-hybridized carbons (Fsp3) is 0.529. The lowest BCUT2D eigenvalue weighted by Crippen LogP contribution is -2.24. The average molecular weight is 304 g/mol. The third-order valence-electron chi connectivity index (χ3n) is 4.00. The first kappa shape index (κ1) is 14.8. The number of nitrogens with one attached hydrogen (secondary N) is 1. The van der Waals surface area contributed by atoms with Crippen molar-refractivity contribution >= 4 is 11.3 Å². The Morgan fingerprint density at radius 1 is 1.38 bits per heavy atom. The van der Waals surface area contributed by atoms with Crippen molar-refractivity contribution in [1.82, 2.24) is 10.2 Å². The van der Waals surface area contributed by atoms with Gasteiger partial charge in [-0.1, -0.05) is 13.0 Å². The molecule has 1 aliphatic rings. The van der Waals surface area contributed by atoms with Crippen LogP contribution in [-0.4, -0.2) is 17.5 Å². The molecule has 0 atom stereocenters. The highest BCUT2D eigenvalue weighted by Gasteiger charge is 2.29. The number of furan rings is 1. The van der Waals surface area contributed by atoms with Gasteiger partial charge in [-0.3, -0.25) is 4.90 Å². The molecule has 0 bridgehead atoms. The van der Waals surface area contributed by atoms with Crippen molar-refractivity contribution in [2.45, 2.75) is 52.4 Å². The second-order valence-corrected chi connectivity index (χ2v) is 6.82. The Kier molecular flexibility index (Phi) is 4.78. The quantitative estimate of drug-likeness (QED) is 0.801. The van der Waals surface area contributed by atoms with Crippen molar-refractivity contribution in [2.75, 3.05) is 6.54 Å². The predicted octanol–water partition coefficient (Wildman–Crippen LogP) is 3.92. The first-order valence-electron chi connectivity index (χ1n) is 7.81. The van der Waals surface area contributed by atoms with Gasteiger partial charge in [0.15, 0.2) is 0 Å². The molecule has 3 nitrogen and oxygen atoms in total. The van der Waals surface area contributed by atoms with E-state index in [-0.39, 0.29) is 0 Å². The lowest BCUT2D eigenvalue weighted by atomic mass is 10.2. The van der Waals surface area contributed by atoms with E-state index in [2.05, 4.69) is 47.6 Å². The minimum absolute atomic E-state index is 0.763. The molecular weight excluding hydrogens is 280 g/mol. The van der Waals surface area contributed by atoms with Crippen LogP contribution >= 0.6 is 11.3 Å². The number of rotatable bonds is 8. The van der Waals surface area contributed by atoms with Gasteiger partial charge < -0.3 is 9.73 Å². The van der Waals surface area contributed by atoms with Crippen LogP contribution in [0.2, 0.25) is 0 Å². The number of aryl methyl sites for hydroxylation is 1. The summed E-state index contributed by atoms with van der Waals surface area (Å²) in [4.78, 5) is 4.05. The topological polar surface area (TPSA) is 28.4 Å². The summed E-state index contributed by atoms with van der Waals surface area (Å²) < 4.78 is 5.87. The Bertz CT molecular complexity index is 557. The molecule has 0 amide bonds. The van der Waals surface area contributed by atoms with Crippen molar-refractivity contribution in [1.29, 1.82) is 0 Å². The number of hydrogen-bond acceptors (Lipinski definition) is 4. The van der Waals surface area contributed by atoms with Gasteiger partial charge >= 0.3 is 0 Å². The molecule has 0 unspecified atom stereocenters. The maximum absolute atomic E-state index is 5.87. The predicted molar refractivity (Wildman–Crippen MR) is 87.4 cm³/mol. The summed E-state index contributed by atoms with van der Waals surface area (Å²) in [5, 5.41) is 5.49. The van der Waals surface area contributed by atoms with Gasteiger partial charge in [-0.05, 0) is 43.8 Å². The van der Waals surface area contributed by atoms with E-state index in [9.17, 15) is 0 Å². The third-order valence-corrected chi connectivity index (χ3v) is 4.86. The third kappa shape index (κ3) is 3.96. The number of thiophene rings is 1. The van der Waals surface area contributed by atoms with E-state index in [1.807, 2.05) is 11.3 Å². The molecule has 0 aliphatic heterocycles. The van der Waals surface area contributed by atoms with Crippen molar-refractivity contribution in [3.8, 4) is 0 Å². The first-order valence-corrected chi connectivity index (χ1v) is 8.69. The Hall–Kier alpha value is -1.10. The fourth-order valence-corrected chi connectivity index (χ4v) is 3.38. The number of nitrogens with zero attached hydrogens (tertiary/aromatic N) is 1. The lowest BCUT2D eigenvalue weighted by molar-refractivity contribution is 0.246. The minimum Gasteiger partial charge on any atom is -0.465 e.